The van der Waals surface area contributed by atoms with Gasteiger partial charge in [0.2, 0.25) is 11.8 Å². The lowest BCUT2D eigenvalue weighted by molar-refractivity contribution is -0.386. The van der Waals surface area contributed by atoms with E-state index in [0.717, 1.165) is 51.9 Å². The number of hydrogen-bond acceptors (Lipinski definition) is 20. The zero-order valence-corrected chi connectivity index (χ0v) is 47.2. The van der Waals surface area contributed by atoms with Crippen LogP contribution in [0.15, 0.2) is 12.2 Å². The van der Waals surface area contributed by atoms with Gasteiger partial charge in [-0.3, -0.25) is 9.59 Å². The summed E-state index contributed by atoms with van der Waals surface area (Å²) in [6.07, 6.45) is 1.61. The van der Waals surface area contributed by atoms with Crippen LogP contribution in [0.2, 0.25) is 0 Å². The molecular formula is C56H102N2O21. The van der Waals surface area contributed by atoms with Crippen LogP contribution in [0.1, 0.15) is 188 Å². The Morgan fingerprint density at radius 3 is 1.68 bits per heavy atom. The van der Waals surface area contributed by atoms with Crippen LogP contribution in [0.25, 0.3) is 0 Å². The molecule has 0 aromatic heterocycles. The van der Waals surface area contributed by atoms with Crippen molar-refractivity contribution < 1.29 is 104 Å². The third kappa shape index (κ3) is 23.9. The van der Waals surface area contributed by atoms with Crippen LogP contribution < -0.4 is 10.6 Å². The zero-order chi connectivity index (χ0) is 58.3. The third-order valence-corrected chi connectivity index (χ3v) is 15.2. The summed E-state index contributed by atoms with van der Waals surface area (Å²) in [6, 6.07) is -2.61. The molecule has 2 amide bonds. The van der Waals surface area contributed by atoms with Gasteiger partial charge in [-0.1, -0.05) is 161 Å². The van der Waals surface area contributed by atoms with Crippen molar-refractivity contribution in [3.63, 3.8) is 0 Å². The van der Waals surface area contributed by atoms with Crippen molar-refractivity contribution in [2.45, 2.75) is 298 Å². The largest absolute Gasteiger partial charge is 0.477 e. The fraction of sp³-hybridized carbons (Fsp3) is 0.911. The average molecular weight is 1140 g/mol. The van der Waals surface area contributed by atoms with Crippen molar-refractivity contribution in [2.24, 2.45) is 0 Å². The van der Waals surface area contributed by atoms with Crippen molar-refractivity contribution in [3.8, 4) is 0 Å². The number of carbonyl (C=O) groups is 3. The van der Waals surface area contributed by atoms with Gasteiger partial charge in [0.15, 0.2) is 12.6 Å². The molecule has 3 saturated heterocycles. The summed E-state index contributed by atoms with van der Waals surface area (Å²) in [5.41, 5.74) is 0. The van der Waals surface area contributed by atoms with E-state index in [1.165, 1.54) is 96.3 Å². The topological polar surface area (TPSA) is 373 Å². The molecule has 14 N–H and O–H groups in total. The summed E-state index contributed by atoms with van der Waals surface area (Å²) in [4.78, 5) is 38.3. The van der Waals surface area contributed by atoms with E-state index in [1.807, 2.05) is 6.08 Å². The molecule has 3 aliphatic rings. The minimum atomic E-state index is -3.08. The number of carboxylic acids is 1. The van der Waals surface area contributed by atoms with E-state index >= 15 is 0 Å². The molecule has 0 radical (unpaired) electrons. The number of allylic oxidation sites excluding steroid dienone is 1. The highest BCUT2D eigenvalue weighted by molar-refractivity contribution is 5.77. The van der Waals surface area contributed by atoms with Crippen LogP contribution in [-0.2, 0) is 42.8 Å². The monoisotopic (exact) mass is 1140 g/mol. The molecule has 0 spiro atoms. The predicted molar refractivity (Wildman–Crippen MR) is 288 cm³/mol. The normalized spacial score (nSPS) is 30.9. The van der Waals surface area contributed by atoms with Gasteiger partial charge in [-0.05, 0) is 19.3 Å². The minimum Gasteiger partial charge on any atom is -0.477 e. The lowest BCUT2D eigenvalue weighted by Gasteiger charge is -2.50. The highest BCUT2D eigenvalue weighted by atomic mass is 16.8. The highest BCUT2D eigenvalue weighted by Crippen LogP contribution is 2.38. The number of amides is 2. The maximum Gasteiger partial charge on any atom is 0.364 e. The Kier molecular flexibility index (Phi) is 35.0. The molecule has 79 heavy (non-hydrogen) atoms. The molecule has 3 rings (SSSR count). The van der Waals surface area contributed by atoms with Gasteiger partial charge in [-0.25, -0.2) is 4.79 Å². The summed E-state index contributed by atoms with van der Waals surface area (Å²) in [5.74, 6) is -6.14. The molecule has 3 fully saturated rings. The van der Waals surface area contributed by atoms with Crippen LogP contribution >= 0.6 is 0 Å². The van der Waals surface area contributed by atoms with Crippen molar-refractivity contribution in [1.29, 1.82) is 0 Å². The van der Waals surface area contributed by atoms with Gasteiger partial charge in [0.1, 0.15) is 67.1 Å². The molecule has 23 nitrogen and oxygen atoms in total. The first-order chi connectivity index (χ1) is 37.9. The fourth-order valence-corrected chi connectivity index (χ4v) is 10.4. The molecule has 3 aliphatic heterocycles. The second kappa shape index (κ2) is 39.1. The molecule has 18 unspecified atom stereocenters. The van der Waals surface area contributed by atoms with Crippen molar-refractivity contribution >= 4 is 17.8 Å². The predicted octanol–water partition coefficient (Wildman–Crippen LogP) is 2.00. The van der Waals surface area contributed by atoms with E-state index < -0.39 is 155 Å². The Morgan fingerprint density at radius 2 is 1.18 bits per heavy atom. The first-order valence-corrected chi connectivity index (χ1v) is 29.6. The highest BCUT2D eigenvalue weighted by Gasteiger charge is 2.60. The summed E-state index contributed by atoms with van der Waals surface area (Å²) in [7, 11) is 0. The number of carbonyl (C=O) groups excluding carboxylic acids is 2. The molecule has 0 aromatic rings. The maximum atomic E-state index is 13.3. The summed E-state index contributed by atoms with van der Waals surface area (Å²) in [5, 5.41) is 135. The Labute approximate surface area is 467 Å². The first kappa shape index (κ1) is 70.7. The van der Waals surface area contributed by atoms with E-state index in [4.69, 9.17) is 28.4 Å². The number of carboxylic acid groups (broad SMARTS) is 1. The molecule has 0 aliphatic carbocycles. The van der Waals surface area contributed by atoms with E-state index in [2.05, 4.69) is 24.5 Å². The van der Waals surface area contributed by atoms with Gasteiger partial charge >= 0.3 is 5.97 Å². The van der Waals surface area contributed by atoms with Gasteiger partial charge in [0, 0.05) is 19.8 Å². The molecule has 23 heteroatoms. The smallest absolute Gasteiger partial charge is 0.364 e. The Bertz CT molecular complexity index is 1680. The average Bonchev–Trinajstić information content (AvgIpc) is 3.49. The Hall–Kier alpha value is -2.53. The SMILES string of the molecule is CCCCCCCCCCCCCCCC/C=C/C(O)C(COC1OC(CO)C(OC2OC(CO)C(O)C(OC3(C(=O)O)CC(O)C(NC(C)=O)C(C(O)C(O)CO)O3)C2O)C(O)C1O)NC(=O)CCCCCCCCCCC. The quantitative estimate of drug-likeness (QED) is 0.0307. The molecule has 0 saturated carbocycles. The molecule has 3 heterocycles. The molecular weight excluding hydrogens is 1040 g/mol. The maximum absolute atomic E-state index is 13.3. The van der Waals surface area contributed by atoms with E-state index in [9.17, 15) is 75.7 Å². The lowest BCUT2D eigenvalue weighted by atomic mass is 9.88. The van der Waals surface area contributed by atoms with Crippen molar-refractivity contribution in [1.82, 2.24) is 10.6 Å². The van der Waals surface area contributed by atoms with Crippen LogP contribution in [-0.4, -0.2) is 215 Å². The molecule has 0 bridgehead atoms. The zero-order valence-electron chi connectivity index (χ0n) is 47.2. The molecule has 18 atom stereocenters. The number of hydrogen-bond donors (Lipinski definition) is 14. The fourth-order valence-electron chi connectivity index (χ4n) is 10.4. The second-order valence-electron chi connectivity index (χ2n) is 21.9. The molecule has 0 aromatic carbocycles. The number of ether oxygens (including phenoxy) is 6. The van der Waals surface area contributed by atoms with Crippen molar-refractivity contribution in [3.05, 3.63) is 12.2 Å². The van der Waals surface area contributed by atoms with E-state index in [1.54, 1.807) is 6.08 Å². The van der Waals surface area contributed by atoms with Crippen LogP contribution in [0, 0.1) is 0 Å². The number of nitrogens with one attached hydrogen (secondary N) is 2. The van der Waals surface area contributed by atoms with E-state index in [-0.39, 0.29) is 12.3 Å². The third-order valence-electron chi connectivity index (χ3n) is 15.2. The number of aliphatic carboxylic acids is 1. The first-order valence-electron chi connectivity index (χ1n) is 29.6. The van der Waals surface area contributed by atoms with Crippen LogP contribution in [0.3, 0.4) is 0 Å². The number of rotatable bonds is 42. The second-order valence-corrected chi connectivity index (χ2v) is 21.9. The van der Waals surface area contributed by atoms with Gasteiger partial charge in [-0.15, -0.1) is 0 Å². The minimum absolute atomic E-state index is 0.202. The number of unbranched alkanes of at least 4 members (excludes halogenated alkanes) is 22. The number of aliphatic hydroxyl groups is 11. The van der Waals surface area contributed by atoms with Gasteiger partial charge in [0.05, 0.1) is 50.7 Å². The summed E-state index contributed by atoms with van der Waals surface area (Å²) in [6.45, 7) is 2.06. The lowest BCUT2D eigenvalue weighted by Crippen LogP contribution is -2.70. The van der Waals surface area contributed by atoms with Gasteiger partial charge in [-0.2, -0.15) is 0 Å². The number of aliphatic hydroxyl groups excluding tert-OH is 11. The van der Waals surface area contributed by atoms with Crippen molar-refractivity contribution in [2.75, 3.05) is 26.4 Å². The summed E-state index contributed by atoms with van der Waals surface area (Å²) < 4.78 is 34.6. The standard InChI is InChI=1S/C56H102N2O21/c1-4-6-8-10-12-14-15-16-17-18-19-20-22-23-25-27-29-38(63)37(58-43(66)30-28-26-24-21-13-11-9-7-5-2)35-74-53-48(70)47(69)50(42(34-61)76-53)77-54-49(71)52(46(68)41(33-60)75-54)79-56(55(72)73)31-39(64)44(57-36(3)62)51(78-56)45(67)40(65)32-59/h27,29,37-42,44-54,59-61,63-65,67-71H,4-26,28,30-35H2,1-3H3,(H,57,62)(H,58,66)(H,72,73)/b29-27+. The Morgan fingerprint density at radius 1 is 0.658 bits per heavy atom. The van der Waals surface area contributed by atoms with E-state index in [0.29, 0.717) is 12.8 Å². The van der Waals surface area contributed by atoms with Gasteiger partial charge in [0.25, 0.3) is 5.79 Å². The Balaban J connectivity index is 1.68. The molecule has 462 valence electrons. The van der Waals surface area contributed by atoms with Gasteiger partial charge < -0.3 is 100 Å². The summed E-state index contributed by atoms with van der Waals surface area (Å²) >= 11 is 0. The van der Waals surface area contributed by atoms with Crippen LogP contribution in [0.5, 0.6) is 0 Å². The van der Waals surface area contributed by atoms with Crippen LogP contribution in [0.4, 0.5) is 0 Å².